The minimum atomic E-state index is -0.834. The van der Waals surface area contributed by atoms with E-state index in [4.69, 9.17) is 21.1 Å². The standard InChI is InChI=1S/C22H20BrClN2O5/c1-4-8-31-19-15(23)10-13(11-18(19)30-3)9-14-20(27)25-22(29)26(21(14)28)17-7-5-6-16(24)12(17)2/h5-7,9-11H,4,8H2,1-3H3,(H,25,27,29)/b14-9+. The summed E-state index contributed by atoms with van der Waals surface area (Å²) in [6.45, 7) is 4.18. The van der Waals surface area contributed by atoms with Gasteiger partial charge in [0.1, 0.15) is 5.57 Å². The van der Waals surface area contributed by atoms with Crippen LogP contribution < -0.4 is 19.7 Å². The number of ether oxygens (including phenoxy) is 2. The highest BCUT2D eigenvalue weighted by Crippen LogP contribution is 2.38. The summed E-state index contributed by atoms with van der Waals surface area (Å²) in [7, 11) is 1.50. The van der Waals surface area contributed by atoms with Crippen molar-refractivity contribution >= 4 is 57.1 Å². The molecule has 31 heavy (non-hydrogen) atoms. The van der Waals surface area contributed by atoms with Crippen LogP contribution in [0.2, 0.25) is 5.02 Å². The number of anilines is 1. The fourth-order valence-corrected chi connectivity index (χ4v) is 3.79. The van der Waals surface area contributed by atoms with Gasteiger partial charge in [-0.2, -0.15) is 0 Å². The normalized spacial score (nSPS) is 15.3. The van der Waals surface area contributed by atoms with E-state index in [0.29, 0.717) is 44.4 Å². The number of carbonyl (C=O) groups excluding carboxylic acids is 3. The van der Waals surface area contributed by atoms with Gasteiger partial charge in [-0.25, -0.2) is 9.69 Å². The second kappa shape index (κ2) is 9.53. The first-order valence-electron chi connectivity index (χ1n) is 9.45. The average Bonchev–Trinajstić information content (AvgIpc) is 2.73. The molecule has 0 aliphatic carbocycles. The monoisotopic (exact) mass is 506 g/mol. The van der Waals surface area contributed by atoms with E-state index in [1.807, 2.05) is 6.92 Å². The van der Waals surface area contributed by atoms with Crippen LogP contribution in [-0.2, 0) is 9.59 Å². The molecule has 1 heterocycles. The third kappa shape index (κ3) is 4.60. The predicted molar refractivity (Wildman–Crippen MR) is 122 cm³/mol. The molecule has 1 fully saturated rings. The molecule has 0 spiro atoms. The van der Waals surface area contributed by atoms with Crippen molar-refractivity contribution in [3.05, 3.63) is 56.5 Å². The van der Waals surface area contributed by atoms with Crippen LogP contribution in [0.5, 0.6) is 11.5 Å². The van der Waals surface area contributed by atoms with E-state index < -0.39 is 17.8 Å². The number of nitrogens with zero attached hydrogens (tertiary/aromatic N) is 1. The van der Waals surface area contributed by atoms with Crippen LogP contribution in [0, 0.1) is 6.92 Å². The Hall–Kier alpha value is -2.84. The van der Waals surface area contributed by atoms with Crippen LogP contribution in [0.4, 0.5) is 10.5 Å². The number of methoxy groups -OCH3 is 1. The highest BCUT2D eigenvalue weighted by atomic mass is 79.9. The van der Waals surface area contributed by atoms with E-state index in [1.54, 1.807) is 37.3 Å². The van der Waals surface area contributed by atoms with Gasteiger partial charge in [-0.1, -0.05) is 24.6 Å². The van der Waals surface area contributed by atoms with Crippen molar-refractivity contribution in [2.75, 3.05) is 18.6 Å². The lowest BCUT2D eigenvalue weighted by molar-refractivity contribution is -0.122. The van der Waals surface area contributed by atoms with E-state index in [9.17, 15) is 14.4 Å². The van der Waals surface area contributed by atoms with E-state index in [2.05, 4.69) is 21.2 Å². The van der Waals surface area contributed by atoms with Crippen molar-refractivity contribution in [1.82, 2.24) is 5.32 Å². The second-order valence-electron chi connectivity index (χ2n) is 6.72. The molecule has 0 atom stereocenters. The minimum Gasteiger partial charge on any atom is -0.493 e. The van der Waals surface area contributed by atoms with E-state index in [1.165, 1.54) is 13.2 Å². The van der Waals surface area contributed by atoms with Crippen LogP contribution in [0.25, 0.3) is 6.08 Å². The summed E-state index contributed by atoms with van der Waals surface area (Å²) in [6.07, 6.45) is 2.22. The van der Waals surface area contributed by atoms with Crippen LogP contribution in [0.1, 0.15) is 24.5 Å². The first-order chi connectivity index (χ1) is 14.8. The van der Waals surface area contributed by atoms with Gasteiger partial charge < -0.3 is 9.47 Å². The molecule has 2 aromatic rings. The van der Waals surface area contributed by atoms with E-state index in [0.717, 1.165) is 11.3 Å². The zero-order valence-corrected chi connectivity index (χ0v) is 19.5. The first-order valence-corrected chi connectivity index (χ1v) is 10.6. The van der Waals surface area contributed by atoms with Crippen molar-refractivity contribution in [2.24, 2.45) is 0 Å². The highest BCUT2D eigenvalue weighted by Gasteiger charge is 2.37. The van der Waals surface area contributed by atoms with Crippen molar-refractivity contribution in [3.8, 4) is 11.5 Å². The van der Waals surface area contributed by atoms with Gasteiger partial charge in [-0.3, -0.25) is 14.9 Å². The van der Waals surface area contributed by atoms with Gasteiger partial charge in [-0.05, 0) is 70.7 Å². The number of halogens is 2. The number of barbiturate groups is 1. The van der Waals surface area contributed by atoms with Crippen LogP contribution in [0.15, 0.2) is 40.4 Å². The topological polar surface area (TPSA) is 84.9 Å². The summed E-state index contributed by atoms with van der Waals surface area (Å²) in [4.78, 5) is 38.9. The van der Waals surface area contributed by atoms with Crippen molar-refractivity contribution < 1.29 is 23.9 Å². The molecule has 0 saturated carbocycles. The summed E-state index contributed by atoms with van der Waals surface area (Å²) in [6, 6.07) is 7.38. The predicted octanol–water partition coefficient (Wildman–Crippen LogP) is 4.87. The zero-order chi connectivity index (χ0) is 22.7. The molecular weight excluding hydrogens is 488 g/mol. The Kier molecular flexibility index (Phi) is 7.02. The smallest absolute Gasteiger partial charge is 0.335 e. The van der Waals surface area contributed by atoms with Crippen molar-refractivity contribution in [3.63, 3.8) is 0 Å². The van der Waals surface area contributed by atoms with Crippen molar-refractivity contribution in [2.45, 2.75) is 20.3 Å². The van der Waals surface area contributed by atoms with E-state index >= 15 is 0 Å². The SMILES string of the molecule is CCCOc1c(Br)cc(/C=C2\C(=O)NC(=O)N(c3cccc(Cl)c3C)C2=O)cc1OC. The zero-order valence-electron chi connectivity index (χ0n) is 17.1. The molecule has 2 aromatic carbocycles. The molecular formula is C22H20BrClN2O5. The van der Waals surface area contributed by atoms with Gasteiger partial charge in [0.15, 0.2) is 11.5 Å². The van der Waals surface area contributed by atoms with Gasteiger partial charge in [0, 0.05) is 5.02 Å². The molecule has 0 aromatic heterocycles. The fourth-order valence-electron chi connectivity index (χ4n) is 3.05. The van der Waals surface area contributed by atoms with Crippen LogP contribution in [0.3, 0.4) is 0 Å². The molecule has 9 heteroatoms. The molecule has 1 saturated heterocycles. The lowest BCUT2D eigenvalue weighted by Crippen LogP contribution is -2.54. The maximum absolute atomic E-state index is 13.1. The lowest BCUT2D eigenvalue weighted by Gasteiger charge is -2.27. The van der Waals surface area contributed by atoms with Gasteiger partial charge in [-0.15, -0.1) is 0 Å². The number of urea groups is 1. The quantitative estimate of drug-likeness (QED) is 0.445. The lowest BCUT2D eigenvalue weighted by atomic mass is 10.1. The molecule has 1 aliphatic rings. The summed E-state index contributed by atoms with van der Waals surface area (Å²) in [5, 5.41) is 2.61. The molecule has 0 radical (unpaired) electrons. The first kappa shape index (κ1) is 22.8. The largest absolute Gasteiger partial charge is 0.493 e. The fraction of sp³-hybridized carbons (Fsp3) is 0.227. The van der Waals surface area contributed by atoms with Gasteiger partial charge >= 0.3 is 6.03 Å². The molecule has 162 valence electrons. The number of benzene rings is 2. The van der Waals surface area contributed by atoms with Gasteiger partial charge in [0.25, 0.3) is 11.8 Å². The number of carbonyl (C=O) groups is 3. The molecule has 0 unspecified atom stereocenters. The molecule has 0 bridgehead atoms. The number of hydrogen-bond acceptors (Lipinski definition) is 5. The Morgan fingerprint density at radius 2 is 1.97 bits per heavy atom. The highest BCUT2D eigenvalue weighted by molar-refractivity contribution is 9.10. The summed E-state index contributed by atoms with van der Waals surface area (Å²) in [5.74, 6) is -0.568. The number of amides is 4. The summed E-state index contributed by atoms with van der Waals surface area (Å²) >= 11 is 9.58. The van der Waals surface area contributed by atoms with E-state index in [-0.39, 0.29) is 5.57 Å². The summed E-state index contributed by atoms with van der Waals surface area (Å²) < 4.78 is 11.7. The number of nitrogens with one attached hydrogen (secondary N) is 1. The molecule has 4 amide bonds. The Bertz CT molecular complexity index is 1100. The number of imide groups is 2. The third-order valence-electron chi connectivity index (χ3n) is 4.59. The van der Waals surface area contributed by atoms with Crippen molar-refractivity contribution in [1.29, 1.82) is 0 Å². The Morgan fingerprint density at radius 3 is 2.65 bits per heavy atom. The van der Waals surface area contributed by atoms with Crippen LogP contribution >= 0.6 is 27.5 Å². The second-order valence-corrected chi connectivity index (χ2v) is 7.99. The summed E-state index contributed by atoms with van der Waals surface area (Å²) in [5.41, 5.74) is 1.16. The molecule has 3 rings (SSSR count). The van der Waals surface area contributed by atoms with Gasteiger partial charge in [0.2, 0.25) is 0 Å². The molecule has 1 N–H and O–H groups in total. The minimum absolute atomic E-state index is 0.199. The van der Waals surface area contributed by atoms with Crippen LogP contribution in [-0.4, -0.2) is 31.6 Å². The maximum atomic E-state index is 13.1. The number of rotatable bonds is 6. The maximum Gasteiger partial charge on any atom is 0.335 e. The average molecular weight is 508 g/mol. The van der Waals surface area contributed by atoms with Gasteiger partial charge in [0.05, 0.1) is 23.9 Å². The molecule has 7 nitrogen and oxygen atoms in total. The molecule has 1 aliphatic heterocycles. The Labute approximate surface area is 193 Å². The Morgan fingerprint density at radius 1 is 1.23 bits per heavy atom. The third-order valence-corrected chi connectivity index (χ3v) is 5.59. The Balaban J connectivity index is 2.04. The number of hydrogen-bond donors (Lipinski definition) is 1.